The number of hydrogen-bond donors (Lipinski definition) is 2. The minimum atomic E-state index is -0.622. The lowest BCUT2D eigenvalue weighted by atomic mass is 9.86. The number of ether oxygens (including phenoxy) is 1. The molecule has 7 nitrogen and oxygen atoms in total. The molecule has 188 valence electrons. The summed E-state index contributed by atoms with van der Waals surface area (Å²) in [6.07, 6.45) is 4.35. The van der Waals surface area contributed by atoms with Gasteiger partial charge in [-0.2, -0.15) is 0 Å². The van der Waals surface area contributed by atoms with E-state index in [-0.39, 0.29) is 55.8 Å². The van der Waals surface area contributed by atoms with E-state index in [0.717, 1.165) is 5.56 Å². The van der Waals surface area contributed by atoms with Crippen LogP contribution in [-0.4, -0.2) is 53.6 Å². The molecule has 0 heterocycles. The van der Waals surface area contributed by atoms with Gasteiger partial charge in [-0.3, -0.25) is 14.4 Å². The molecule has 0 spiro atoms. The molecule has 2 N–H and O–H groups in total. The van der Waals surface area contributed by atoms with Crippen molar-refractivity contribution in [2.45, 2.75) is 59.0 Å². The van der Waals surface area contributed by atoms with Gasteiger partial charge in [-0.15, -0.1) is 13.2 Å². The highest BCUT2D eigenvalue weighted by Gasteiger charge is 2.31. The van der Waals surface area contributed by atoms with E-state index in [1.807, 2.05) is 51.1 Å². The summed E-state index contributed by atoms with van der Waals surface area (Å²) in [5.41, 5.74) is 0.577. The van der Waals surface area contributed by atoms with Gasteiger partial charge in [0.25, 0.3) is 0 Å². The first-order chi connectivity index (χ1) is 16.1. The van der Waals surface area contributed by atoms with Gasteiger partial charge in [-0.1, -0.05) is 63.3 Å². The van der Waals surface area contributed by atoms with Crippen molar-refractivity contribution >= 4 is 17.8 Å². The van der Waals surface area contributed by atoms with Crippen molar-refractivity contribution < 1.29 is 24.2 Å². The molecule has 0 aliphatic carbocycles. The molecule has 0 aromatic heterocycles. The smallest absolute Gasteiger partial charge is 0.306 e. The van der Waals surface area contributed by atoms with E-state index in [2.05, 4.69) is 18.5 Å². The van der Waals surface area contributed by atoms with Gasteiger partial charge in [-0.25, -0.2) is 0 Å². The number of esters is 1. The maximum Gasteiger partial charge on any atom is 0.306 e. The molecule has 0 fully saturated rings. The zero-order chi connectivity index (χ0) is 25.6. The summed E-state index contributed by atoms with van der Waals surface area (Å²) in [7, 11) is 0. The average molecular weight is 473 g/mol. The molecule has 7 heteroatoms. The fraction of sp³-hybridized carbons (Fsp3) is 0.519. The molecule has 2 atom stereocenters. The Hall–Kier alpha value is -2.93. The van der Waals surface area contributed by atoms with Gasteiger partial charge in [0.15, 0.2) is 0 Å². The summed E-state index contributed by atoms with van der Waals surface area (Å²) in [6.45, 7) is 13.6. The van der Waals surface area contributed by atoms with Crippen LogP contribution in [0.1, 0.15) is 52.0 Å². The van der Waals surface area contributed by atoms with Crippen LogP contribution in [0.2, 0.25) is 0 Å². The fourth-order valence-electron chi connectivity index (χ4n) is 3.31. The van der Waals surface area contributed by atoms with Crippen molar-refractivity contribution in [1.82, 2.24) is 10.2 Å². The van der Waals surface area contributed by atoms with Crippen LogP contribution in [0.5, 0.6) is 0 Å². The van der Waals surface area contributed by atoms with Crippen LogP contribution in [0.25, 0.3) is 0 Å². The molecule has 0 bridgehead atoms. The van der Waals surface area contributed by atoms with Gasteiger partial charge in [0.1, 0.15) is 6.61 Å². The molecule has 0 saturated carbocycles. The van der Waals surface area contributed by atoms with E-state index in [4.69, 9.17) is 4.74 Å². The second-order valence-electron chi connectivity index (χ2n) is 9.39. The monoisotopic (exact) mass is 472 g/mol. The lowest BCUT2D eigenvalue weighted by molar-refractivity contribution is -0.146. The number of hydrogen-bond acceptors (Lipinski definition) is 5. The number of amides is 2. The van der Waals surface area contributed by atoms with E-state index in [1.165, 1.54) is 0 Å². The number of aliphatic hydroxyl groups is 1. The Morgan fingerprint density at radius 1 is 1.15 bits per heavy atom. The number of rotatable bonds is 15. The van der Waals surface area contributed by atoms with Crippen LogP contribution in [0.3, 0.4) is 0 Å². The average Bonchev–Trinajstić information content (AvgIpc) is 2.79. The predicted molar refractivity (Wildman–Crippen MR) is 134 cm³/mol. The van der Waals surface area contributed by atoms with Crippen molar-refractivity contribution in [3.63, 3.8) is 0 Å². The van der Waals surface area contributed by atoms with Crippen molar-refractivity contribution in [3.05, 3.63) is 61.2 Å². The third kappa shape index (κ3) is 10.8. The molecule has 1 aromatic rings. The highest BCUT2D eigenvalue weighted by molar-refractivity contribution is 5.86. The topological polar surface area (TPSA) is 95.9 Å². The second kappa shape index (κ2) is 15.1. The van der Waals surface area contributed by atoms with Gasteiger partial charge in [0.05, 0.1) is 18.6 Å². The van der Waals surface area contributed by atoms with Gasteiger partial charge in [0, 0.05) is 25.9 Å². The zero-order valence-electron chi connectivity index (χ0n) is 20.8. The van der Waals surface area contributed by atoms with Crippen LogP contribution in [0.15, 0.2) is 55.6 Å². The van der Waals surface area contributed by atoms with Gasteiger partial charge in [-0.05, 0) is 23.8 Å². The predicted octanol–water partition coefficient (Wildman–Crippen LogP) is 3.63. The summed E-state index contributed by atoms with van der Waals surface area (Å²) in [5.74, 6) is -1.48. The van der Waals surface area contributed by atoms with Crippen molar-refractivity contribution in [3.8, 4) is 0 Å². The van der Waals surface area contributed by atoms with Crippen LogP contribution < -0.4 is 5.32 Å². The molecule has 34 heavy (non-hydrogen) atoms. The largest absolute Gasteiger partial charge is 0.463 e. The Kier molecular flexibility index (Phi) is 12.9. The molecule has 0 aliphatic rings. The number of carbonyl (C=O) groups excluding carboxylic acids is 3. The number of nitrogens with one attached hydrogen (secondary N) is 1. The molecule has 0 aliphatic heterocycles. The SMILES string of the molecule is C=CCCC(=O)OC[C@@H](NC(=O)[C@@H](CC=C)CC(=O)N(CCO)Cc1ccccc1)C(C)(C)C. The quantitative estimate of drug-likeness (QED) is 0.300. The molecule has 2 amide bonds. The Labute approximate surface area is 203 Å². The first-order valence-corrected chi connectivity index (χ1v) is 11.7. The molecule has 0 radical (unpaired) electrons. The first kappa shape index (κ1) is 29.1. The van der Waals surface area contributed by atoms with Crippen molar-refractivity contribution in [1.29, 1.82) is 0 Å². The number of benzene rings is 1. The van der Waals surface area contributed by atoms with E-state index < -0.39 is 12.0 Å². The summed E-state index contributed by atoms with van der Waals surface area (Å²) in [5, 5.41) is 12.4. The summed E-state index contributed by atoms with van der Waals surface area (Å²) in [4.78, 5) is 39.7. The van der Waals surface area contributed by atoms with Crippen molar-refractivity contribution in [2.24, 2.45) is 11.3 Å². The Morgan fingerprint density at radius 2 is 1.82 bits per heavy atom. The maximum absolute atomic E-state index is 13.1. The molecule has 1 rings (SSSR count). The van der Waals surface area contributed by atoms with Gasteiger partial charge >= 0.3 is 5.97 Å². The van der Waals surface area contributed by atoms with E-state index in [1.54, 1.807) is 17.1 Å². The molecular formula is C27H40N2O5. The second-order valence-corrected chi connectivity index (χ2v) is 9.39. The van der Waals surface area contributed by atoms with Crippen LogP contribution in [-0.2, 0) is 25.7 Å². The standard InChI is InChI=1S/C27H40N2O5/c1-6-8-15-25(32)34-20-23(27(3,4)5)28-26(33)22(12-7-2)18-24(31)29(16-17-30)19-21-13-10-9-11-14-21/h6-7,9-11,13-14,22-23,30H,1-2,8,12,15-20H2,3-5H3,(H,28,33)/t22-,23+/m0/s1. The van der Waals surface area contributed by atoms with Crippen molar-refractivity contribution in [2.75, 3.05) is 19.8 Å². The Morgan fingerprint density at radius 3 is 2.38 bits per heavy atom. The van der Waals surface area contributed by atoms with Crippen LogP contribution in [0, 0.1) is 11.3 Å². The Balaban J connectivity index is 2.86. The number of aliphatic hydroxyl groups excluding tert-OH is 1. The van der Waals surface area contributed by atoms with Gasteiger partial charge in [0.2, 0.25) is 11.8 Å². The first-order valence-electron chi connectivity index (χ1n) is 11.7. The van der Waals surface area contributed by atoms with Gasteiger partial charge < -0.3 is 20.1 Å². The highest BCUT2D eigenvalue weighted by atomic mass is 16.5. The van der Waals surface area contributed by atoms with E-state index >= 15 is 0 Å². The fourth-order valence-corrected chi connectivity index (χ4v) is 3.31. The third-order valence-corrected chi connectivity index (χ3v) is 5.51. The minimum Gasteiger partial charge on any atom is -0.463 e. The van der Waals surface area contributed by atoms with Crippen LogP contribution >= 0.6 is 0 Å². The third-order valence-electron chi connectivity index (χ3n) is 5.51. The summed E-state index contributed by atoms with van der Waals surface area (Å²) < 4.78 is 5.37. The Bertz CT molecular complexity index is 801. The number of allylic oxidation sites excluding steroid dienone is 2. The molecular weight excluding hydrogens is 432 g/mol. The zero-order valence-corrected chi connectivity index (χ0v) is 20.8. The van der Waals surface area contributed by atoms with E-state index in [9.17, 15) is 19.5 Å². The lowest BCUT2D eigenvalue weighted by Gasteiger charge is -2.32. The van der Waals surface area contributed by atoms with E-state index in [0.29, 0.717) is 19.4 Å². The molecule has 0 saturated heterocycles. The normalized spacial score (nSPS) is 12.8. The lowest BCUT2D eigenvalue weighted by Crippen LogP contribution is -2.49. The minimum absolute atomic E-state index is 0.0132. The number of nitrogens with zero attached hydrogens (tertiary/aromatic N) is 1. The maximum atomic E-state index is 13.1. The molecule has 0 unspecified atom stereocenters. The summed E-state index contributed by atoms with van der Waals surface area (Å²) >= 11 is 0. The summed E-state index contributed by atoms with van der Waals surface area (Å²) in [6, 6.07) is 9.08. The van der Waals surface area contributed by atoms with Crippen LogP contribution in [0.4, 0.5) is 0 Å². The molecule has 1 aromatic carbocycles. The highest BCUT2D eigenvalue weighted by Crippen LogP contribution is 2.22. The number of carbonyl (C=O) groups is 3.